The van der Waals surface area contributed by atoms with Crippen molar-refractivity contribution in [3.63, 3.8) is 0 Å². The van der Waals surface area contributed by atoms with Crippen LogP contribution in [0.4, 0.5) is 0 Å². The van der Waals surface area contributed by atoms with Crippen molar-refractivity contribution in [3.8, 4) is 0 Å². The Bertz CT molecular complexity index is 92.1. The van der Waals surface area contributed by atoms with Gasteiger partial charge in [0.2, 0.25) is 0 Å². The van der Waals surface area contributed by atoms with Crippen molar-refractivity contribution >= 4 is 46.8 Å². The minimum atomic E-state index is 0.528. The topological polar surface area (TPSA) is 0 Å². The molecule has 0 aliphatic rings. The largest absolute Gasteiger partial charge is 0.177 e. The van der Waals surface area contributed by atoms with E-state index in [4.69, 9.17) is 0 Å². The van der Waals surface area contributed by atoms with Crippen LogP contribution in [0.25, 0.3) is 0 Å². The molecule has 16 heavy (non-hydrogen) atoms. The van der Waals surface area contributed by atoms with Gasteiger partial charge in [0.1, 0.15) is 0 Å². The van der Waals surface area contributed by atoms with Crippen LogP contribution < -0.4 is 0 Å². The molecule has 0 heterocycles. The molecule has 102 valence electrons. The molecule has 0 aromatic heterocycles. The van der Waals surface area contributed by atoms with Gasteiger partial charge in [0.05, 0.1) is 0 Å². The smallest absolute Gasteiger partial charge is 0.00945 e. The van der Waals surface area contributed by atoms with Crippen molar-refractivity contribution in [2.24, 2.45) is 0 Å². The Kier molecular flexibility index (Phi) is 23.1. The summed E-state index contributed by atoms with van der Waals surface area (Å²) < 4.78 is 0. The van der Waals surface area contributed by atoms with Gasteiger partial charge in [-0.1, -0.05) is 77.0 Å². The molecule has 0 aliphatic carbocycles. The Morgan fingerprint density at radius 3 is 0.750 bits per heavy atom. The Morgan fingerprint density at radius 1 is 0.562 bits per heavy atom. The van der Waals surface area contributed by atoms with E-state index in [0.717, 1.165) is 10.5 Å². The van der Waals surface area contributed by atoms with Gasteiger partial charge in [-0.3, -0.25) is 0 Å². The van der Waals surface area contributed by atoms with Crippen molar-refractivity contribution in [2.45, 2.75) is 76.4 Å². The minimum Gasteiger partial charge on any atom is -0.177 e. The molecular weight excluding hydrogens is 272 g/mol. The summed E-state index contributed by atoms with van der Waals surface area (Å²) in [5, 5.41) is 2.59. The third-order valence-electron chi connectivity index (χ3n) is 0.440. The molecule has 0 N–H and O–H groups in total. The van der Waals surface area contributed by atoms with Crippen LogP contribution >= 0.6 is 46.8 Å². The van der Waals surface area contributed by atoms with Crippen molar-refractivity contribution in [2.75, 3.05) is 0 Å². The first kappa shape index (κ1) is 22.6. The second-order valence-corrected chi connectivity index (χ2v) is 9.97. The van der Waals surface area contributed by atoms with Crippen LogP contribution in [0.15, 0.2) is 0 Å². The standard InChI is InChI=1S/C6H14S2.2C3H8S/c1-5(2)7-8-6(3)4;2*1-3(2)4/h5-6H,1-4H3;2*3-4H,1-2H3. The third-order valence-corrected chi connectivity index (χ3v) is 3.96. The monoisotopic (exact) mass is 302 g/mol. The Hall–Kier alpha value is 1.40. The number of thiol groups is 2. The highest BCUT2D eigenvalue weighted by Crippen LogP contribution is 2.29. The summed E-state index contributed by atoms with van der Waals surface area (Å²) >= 11 is 7.93. The van der Waals surface area contributed by atoms with Crippen LogP contribution in [-0.4, -0.2) is 21.0 Å². The highest BCUT2D eigenvalue weighted by atomic mass is 33.1. The average Bonchev–Trinajstić information content (AvgIpc) is 1.98. The summed E-state index contributed by atoms with van der Waals surface area (Å²) in [5.41, 5.74) is 0. The predicted molar refractivity (Wildman–Crippen MR) is 93.7 cm³/mol. The predicted octanol–water partition coefficient (Wildman–Crippen LogP) is 5.83. The van der Waals surface area contributed by atoms with E-state index in [1.807, 2.05) is 49.3 Å². The Morgan fingerprint density at radius 2 is 0.688 bits per heavy atom. The van der Waals surface area contributed by atoms with Gasteiger partial charge in [-0.25, -0.2) is 0 Å². The molecule has 0 saturated carbocycles. The lowest BCUT2D eigenvalue weighted by Gasteiger charge is -2.04. The van der Waals surface area contributed by atoms with Gasteiger partial charge in [0, 0.05) is 10.5 Å². The maximum atomic E-state index is 3.97. The molecule has 0 fully saturated rings. The SMILES string of the molecule is CC(C)S.CC(C)S.CC(C)SSC(C)C. The molecule has 0 bridgehead atoms. The minimum absolute atomic E-state index is 0.528. The van der Waals surface area contributed by atoms with Gasteiger partial charge >= 0.3 is 0 Å². The van der Waals surface area contributed by atoms with Gasteiger partial charge in [-0.05, 0) is 10.5 Å². The van der Waals surface area contributed by atoms with E-state index in [-0.39, 0.29) is 0 Å². The second-order valence-electron chi connectivity index (χ2n) is 4.48. The molecule has 0 radical (unpaired) electrons. The van der Waals surface area contributed by atoms with E-state index in [9.17, 15) is 0 Å². The zero-order valence-corrected chi connectivity index (χ0v) is 15.4. The first-order valence-corrected chi connectivity index (χ1v) is 9.08. The fourth-order valence-electron chi connectivity index (χ4n) is 0.222. The lowest BCUT2D eigenvalue weighted by molar-refractivity contribution is 1.11. The molecule has 0 atom stereocenters. The van der Waals surface area contributed by atoms with Gasteiger partial charge in [-0.2, -0.15) is 25.3 Å². The van der Waals surface area contributed by atoms with Crippen LogP contribution in [0.2, 0.25) is 0 Å². The van der Waals surface area contributed by atoms with Crippen molar-refractivity contribution in [1.29, 1.82) is 0 Å². The summed E-state index contributed by atoms with van der Waals surface area (Å²) in [6.07, 6.45) is 0. The van der Waals surface area contributed by atoms with Crippen LogP contribution in [0.1, 0.15) is 55.4 Å². The lowest BCUT2D eigenvalue weighted by atomic mass is 10.6. The molecule has 0 aromatic rings. The molecule has 0 nitrogen and oxygen atoms in total. The third kappa shape index (κ3) is 78.0. The van der Waals surface area contributed by atoms with Crippen LogP contribution in [-0.2, 0) is 0 Å². The molecule has 0 rings (SSSR count). The van der Waals surface area contributed by atoms with E-state index >= 15 is 0 Å². The Balaban J connectivity index is -0.000000179. The summed E-state index contributed by atoms with van der Waals surface area (Å²) in [6, 6.07) is 0. The second kappa shape index (κ2) is 16.4. The molecule has 4 heteroatoms. The summed E-state index contributed by atoms with van der Waals surface area (Å²) in [7, 11) is 3.91. The number of rotatable bonds is 3. The normalized spacial score (nSPS) is 10.1. The maximum Gasteiger partial charge on any atom is 0.00945 e. The molecule has 0 aliphatic heterocycles. The number of hydrogen-bond acceptors (Lipinski definition) is 4. The highest BCUT2D eigenvalue weighted by molar-refractivity contribution is 8.77. The van der Waals surface area contributed by atoms with E-state index in [2.05, 4.69) is 53.0 Å². The zero-order chi connectivity index (χ0) is 13.7. The van der Waals surface area contributed by atoms with Crippen molar-refractivity contribution in [1.82, 2.24) is 0 Å². The number of hydrogen-bond donors (Lipinski definition) is 2. The van der Waals surface area contributed by atoms with Gasteiger partial charge in [0.15, 0.2) is 0 Å². The first-order chi connectivity index (χ1) is 7.09. The van der Waals surface area contributed by atoms with Crippen LogP contribution in [0.3, 0.4) is 0 Å². The average molecular weight is 303 g/mol. The first-order valence-electron chi connectivity index (χ1n) is 5.77. The summed E-state index contributed by atoms with van der Waals surface area (Å²) in [5.74, 6) is 0. The van der Waals surface area contributed by atoms with E-state index in [0.29, 0.717) is 10.5 Å². The van der Waals surface area contributed by atoms with Gasteiger partial charge in [-0.15, -0.1) is 0 Å². The van der Waals surface area contributed by atoms with E-state index in [1.54, 1.807) is 0 Å². The van der Waals surface area contributed by atoms with E-state index in [1.165, 1.54) is 0 Å². The molecular formula is C12H30S4. The zero-order valence-electron chi connectivity index (χ0n) is 12.0. The molecule has 0 unspecified atom stereocenters. The fourth-order valence-corrected chi connectivity index (χ4v) is 2.00. The van der Waals surface area contributed by atoms with Crippen LogP contribution in [0.5, 0.6) is 0 Å². The fraction of sp³-hybridized carbons (Fsp3) is 1.00. The quantitative estimate of drug-likeness (QED) is 0.497. The molecule has 0 amide bonds. The lowest BCUT2D eigenvalue weighted by Crippen LogP contribution is -1.86. The maximum absolute atomic E-state index is 3.97. The van der Waals surface area contributed by atoms with Crippen molar-refractivity contribution < 1.29 is 0 Å². The van der Waals surface area contributed by atoms with Crippen LogP contribution in [0, 0.1) is 0 Å². The molecule has 0 saturated heterocycles. The summed E-state index contributed by atoms with van der Waals surface area (Å²) in [4.78, 5) is 0. The summed E-state index contributed by atoms with van der Waals surface area (Å²) in [6.45, 7) is 17.0. The van der Waals surface area contributed by atoms with Gasteiger partial charge in [0.25, 0.3) is 0 Å². The Labute approximate surface area is 123 Å². The van der Waals surface area contributed by atoms with E-state index < -0.39 is 0 Å². The highest BCUT2D eigenvalue weighted by Gasteiger charge is 1.96. The molecule has 0 aromatic carbocycles. The van der Waals surface area contributed by atoms with Gasteiger partial charge < -0.3 is 0 Å². The molecule has 0 spiro atoms. The van der Waals surface area contributed by atoms with Crippen molar-refractivity contribution in [3.05, 3.63) is 0 Å².